The molecule has 3 aliphatic carbocycles. The van der Waals surface area contributed by atoms with Crippen LogP contribution in [0.3, 0.4) is 0 Å². The van der Waals surface area contributed by atoms with Crippen LogP contribution < -0.4 is 0 Å². The van der Waals surface area contributed by atoms with Gasteiger partial charge in [-0.25, -0.2) is 0 Å². The Morgan fingerprint density at radius 2 is 1.10 bits per heavy atom. The molecule has 0 saturated heterocycles. The second-order valence-electron chi connectivity index (χ2n) is 19.5. The fourth-order valence-electron chi connectivity index (χ4n) is 10.9. The Bertz CT molecular complexity index is 2760. The molecule has 10 rings (SSSR count). The summed E-state index contributed by atoms with van der Waals surface area (Å²) in [4.78, 5) is 0. The molecule has 5 aromatic carbocycles. The lowest BCUT2D eigenvalue weighted by atomic mass is 9.77. The number of hydrogen-bond donors (Lipinski definition) is 0. The second-order valence-corrected chi connectivity index (χ2v) is 19.5. The Morgan fingerprint density at radius 1 is 0.517 bits per heavy atom. The van der Waals surface area contributed by atoms with Gasteiger partial charge in [0, 0.05) is 28.1 Å². The molecule has 1 radical (unpaired) electrons. The molecule has 1 nitrogen and oxygen atoms in total. The monoisotopic (exact) mass is 752 g/mol. The van der Waals surface area contributed by atoms with E-state index in [1.54, 1.807) is 0 Å². The molecule has 287 valence electrons. The maximum atomic E-state index is 2.68. The Labute approximate surface area is 347 Å². The molecule has 0 saturated carbocycles. The second kappa shape index (κ2) is 13.4. The standard InChI is InChI=1S/C56H55BN/c1-33-29-34(2)47(35(3)30-33)52-51-46(50-42-18-12-11-16-39(42)31-45(50)48(51)37-21-25-40(26-22-37)55(4,5)6)32-57-58-53-43-19-13-10-15-36(43)17-14-20-44(53)49(54(52)58)38-23-27-41(28-24-38)56(7,8)9/h10-13,15-16,18-19,21-30H,14,17,20,31-32H2,1-9H3. The number of aryl methyl sites for hydroxylation is 4. The fourth-order valence-corrected chi connectivity index (χ4v) is 10.9. The molecule has 0 unspecified atom stereocenters. The summed E-state index contributed by atoms with van der Waals surface area (Å²) in [6, 6.07) is 42.5. The fraction of sp³-hybridized carbons (Fsp3) is 0.286. The van der Waals surface area contributed by atoms with Crippen LogP contribution in [0.1, 0.15) is 115 Å². The summed E-state index contributed by atoms with van der Waals surface area (Å²) in [7, 11) is 2.57. The van der Waals surface area contributed by atoms with Crippen molar-refractivity contribution in [3.63, 3.8) is 0 Å². The van der Waals surface area contributed by atoms with Gasteiger partial charge in [0.15, 0.2) is 0 Å². The van der Waals surface area contributed by atoms with Gasteiger partial charge in [-0.1, -0.05) is 156 Å². The smallest absolute Gasteiger partial charge is 0.257 e. The van der Waals surface area contributed by atoms with E-state index in [-0.39, 0.29) is 10.8 Å². The summed E-state index contributed by atoms with van der Waals surface area (Å²) in [5.41, 5.74) is 30.9. The van der Waals surface area contributed by atoms with Crippen molar-refractivity contribution < 1.29 is 0 Å². The summed E-state index contributed by atoms with van der Waals surface area (Å²) in [6.45, 7) is 20.9. The molecule has 58 heavy (non-hydrogen) atoms. The molecule has 1 aromatic heterocycles. The molecule has 4 aliphatic rings. The van der Waals surface area contributed by atoms with E-state index in [0.29, 0.717) is 0 Å². The van der Waals surface area contributed by atoms with Crippen LogP contribution in [0.5, 0.6) is 0 Å². The zero-order chi connectivity index (χ0) is 40.2. The number of hydrogen-bond acceptors (Lipinski definition) is 0. The van der Waals surface area contributed by atoms with E-state index in [4.69, 9.17) is 0 Å². The third-order valence-corrected chi connectivity index (χ3v) is 13.5. The maximum Gasteiger partial charge on any atom is 0.257 e. The molecule has 1 aliphatic heterocycles. The van der Waals surface area contributed by atoms with Gasteiger partial charge in [0.2, 0.25) is 0 Å². The molecule has 0 bridgehead atoms. The van der Waals surface area contributed by atoms with Gasteiger partial charge in [-0.05, 0) is 153 Å². The first-order valence-electron chi connectivity index (χ1n) is 21.6. The van der Waals surface area contributed by atoms with E-state index in [1.165, 1.54) is 123 Å². The van der Waals surface area contributed by atoms with E-state index < -0.39 is 0 Å². The van der Waals surface area contributed by atoms with Gasteiger partial charge in [0.05, 0.1) is 0 Å². The minimum absolute atomic E-state index is 0.0751. The minimum Gasteiger partial charge on any atom is -0.389 e. The van der Waals surface area contributed by atoms with Crippen LogP contribution in [0.25, 0.3) is 39.1 Å². The predicted octanol–water partition coefficient (Wildman–Crippen LogP) is 14.0. The van der Waals surface area contributed by atoms with Gasteiger partial charge in [0.1, 0.15) is 0 Å². The van der Waals surface area contributed by atoms with Crippen LogP contribution in [0.15, 0.2) is 126 Å². The molecule has 6 aromatic rings. The molecule has 0 fully saturated rings. The van der Waals surface area contributed by atoms with Crippen molar-refractivity contribution in [2.24, 2.45) is 0 Å². The zero-order valence-electron chi connectivity index (χ0n) is 36.0. The van der Waals surface area contributed by atoms with E-state index in [9.17, 15) is 0 Å². The van der Waals surface area contributed by atoms with Gasteiger partial charge in [-0.3, -0.25) is 0 Å². The third-order valence-electron chi connectivity index (χ3n) is 13.5. The molecule has 0 N–H and O–H groups in total. The van der Waals surface area contributed by atoms with E-state index in [2.05, 4.69) is 183 Å². The van der Waals surface area contributed by atoms with Crippen molar-refractivity contribution in [2.75, 3.05) is 0 Å². The summed E-state index contributed by atoms with van der Waals surface area (Å²) in [5.74, 6) is 0. The number of benzene rings is 5. The number of fused-ring (bicyclic) bond motifs is 9. The predicted molar refractivity (Wildman–Crippen MR) is 248 cm³/mol. The Morgan fingerprint density at radius 3 is 1.74 bits per heavy atom. The quantitative estimate of drug-likeness (QED) is 0.159. The van der Waals surface area contributed by atoms with Crippen LogP contribution in [0.2, 0.25) is 6.32 Å². The van der Waals surface area contributed by atoms with Gasteiger partial charge in [0.25, 0.3) is 7.41 Å². The van der Waals surface area contributed by atoms with Crippen LogP contribution in [0, 0.1) is 20.8 Å². The molecule has 0 atom stereocenters. The van der Waals surface area contributed by atoms with Gasteiger partial charge in [-0.2, -0.15) is 0 Å². The first kappa shape index (κ1) is 37.0. The van der Waals surface area contributed by atoms with Crippen molar-refractivity contribution in [2.45, 2.75) is 105 Å². The highest BCUT2D eigenvalue weighted by molar-refractivity contribution is 6.40. The average Bonchev–Trinajstić information content (AvgIpc) is 3.72. The summed E-state index contributed by atoms with van der Waals surface area (Å²) in [5, 5.41) is 0. The summed E-state index contributed by atoms with van der Waals surface area (Å²) < 4.78 is 2.68. The molecule has 0 spiro atoms. The highest BCUT2D eigenvalue weighted by Crippen LogP contribution is 2.59. The van der Waals surface area contributed by atoms with Crippen LogP contribution in [-0.2, 0) is 30.1 Å². The van der Waals surface area contributed by atoms with Crippen molar-refractivity contribution in [1.29, 1.82) is 0 Å². The van der Waals surface area contributed by atoms with E-state index >= 15 is 0 Å². The van der Waals surface area contributed by atoms with Crippen LogP contribution >= 0.6 is 0 Å². The average molecular weight is 753 g/mol. The van der Waals surface area contributed by atoms with Crippen molar-refractivity contribution in [3.05, 3.63) is 193 Å². The normalized spacial score (nSPS) is 15.9. The topological polar surface area (TPSA) is 4.93 Å². The first-order valence-corrected chi connectivity index (χ1v) is 21.6. The molecular weight excluding hydrogens is 697 g/mol. The van der Waals surface area contributed by atoms with Gasteiger partial charge in [-0.15, -0.1) is 0 Å². The molecule has 2 heteroatoms. The lowest BCUT2D eigenvalue weighted by Gasteiger charge is -2.24. The van der Waals surface area contributed by atoms with Crippen LogP contribution in [-0.4, -0.2) is 11.9 Å². The number of nitrogens with zero attached hydrogens (tertiary/aromatic N) is 1. The number of allylic oxidation sites excluding steroid dienone is 5. The van der Waals surface area contributed by atoms with E-state index in [0.717, 1.165) is 32.0 Å². The highest BCUT2D eigenvalue weighted by atomic mass is 14.9. The molecular formula is C56H55BN. The Hall–Kier alpha value is -5.34. The van der Waals surface area contributed by atoms with Crippen molar-refractivity contribution >= 4 is 24.1 Å². The largest absolute Gasteiger partial charge is 0.389 e. The number of aromatic nitrogens is 1. The summed E-state index contributed by atoms with van der Waals surface area (Å²) >= 11 is 0. The lowest BCUT2D eigenvalue weighted by molar-refractivity contribution is 0.590. The van der Waals surface area contributed by atoms with Gasteiger partial charge >= 0.3 is 0 Å². The van der Waals surface area contributed by atoms with E-state index in [1.807, 2.05) is 0 Å². The Balaban J connectivity index is 1.39. The van der Waals surface area contributed by atoms with Gasteiger partial charge < -0.3 is 4.48 Å². The Kier molecular flexibility index (Phi) is 8.51. The summed E-state index contributed by atoms with van der Waals surface area (Å²) in [6.07, 6.45) is 5.10. The molecule has 2 heterocycles. The first-order chi connectivity index (χ1) is 27.8. The van der Waals surface area contributed by atoms with Crippen molar-refractivity contribution in [3.8, 4) is 22.4 Å². The molecule has 0 amide bonds. The van der Waals surface area contributed by atoms with Crippen LogP contribution in [0.4, 0.5) is 0 Å². The zero-order valence-corrected chi connectivity index (χ0v) is 36.0. The number of rotatable bonds is 3. The SMILES string of the molecule is Cc1cc(C)c(C2=C3C(=C4C(=C3c3ccc(C(C)(C)C)cc3)Cc3ccccc34)C[B]n3c2c(-c2ccc(C(C)(C)C)cc2)c2c3-c3ccccc3CCC2)c(C)c1. The maximum absolute atomic E-state index is 2.68. The third kappa shape index (κ3) is 5.73. The highest BCUT2D eigenvalue weighted by Gasteiger charge is 2.42. The lowest BCUT2D eigenvalue weighted by Crippen LogP contribution is -2.12. The van der Waals surface area contributed by atoms with Crippen molar-refractivity contribution in [1.82, 2.24) is 4.48 Å². The minimum atomic E-state index is 0.0751.